The SMILES string of the molecule is C=CCNC(=O)N1CCCCC(N2CCN(C)CC2)C1. The first-order chi connectivity index (χ1) is 9.70. The van der Waals surface area contributed by atoms with E-state index in [4.69, 9.17) is 0 Å². The summed E-state index contributed by atoms with van der Waals surface area (Å²) in [6.07, 6.45) is 5.29. The molecule has 5 nitrogen and oxygen atoms in total. The molecule has 0 aliphatic carbocycles. The van der Waals surface area contributed by atoms with Crippen LogP contribution in [0.2, 0.25) is 0 Å². The molecule has 1 unspecified atom stereocenters. The third-order valence-electron chi connectivity index (χ3n) is 4.39. The quantitative estimate of drug-likeness (QED) is 0.784. The summed E-state index contributed by atoms with van der Waals surface area (Å²) in [5, 5.41) is 2.90. The summed E-state index contributed by atoms with van der Waals surface area (Å²) in [7, 11) is 2.18. The van der Waals surface area contributed by atoms with Crippen molar-refractivity contribution >= 4 is 6.03 Å². The number of nitrogens with one attached hydrogen (secondary N) is 1. The number of rotatable bonds is 3. The summed E-state index contributed by atoms with van der Waals surface area (Å²) in [6, 6.07) is 0.589. The van der Waals surface area contributed by atoms with Crippen LogP contribution in [0.3, 0.4) is 0 Å². The van der Waals surface area contributed by atoms with Crippen LogP contribution in [0.4, 0.5) is 4.79 Å². The topological polar surface area (TPSA) is 38.8 Å². The van der Waals surface area contributed by atoms with Gasteiger partial charge in [-0.25, -0.2) is 4.79 Å². The van der Waals surface area contributed by atoms with E-state index in [0.29, 0.717) is 12.6 Å². The van der Waals surface area contributed by atoms with Crippen molar-refractivity contribution < 1.29 is 4.79 Å². The normalized spacial score (nSPS) is 26.1. The number of carbonyl (C=O) groups excluding carboxylic acids is 1. The van der Waals surface area contributed by atoms with Crippen molar-refractivity contribution in [3.05, 3.63) is 12.7 Å². The minimum Gasteiger partial charge on any atom is -0.335 e. The predicted octanol–water partition coefficient (Wildman–Crippen LogP) is 0.984. The van der Waals surface area contributed by atoms with Crippen molar-refractivity contribution in [2.75, 3.05) is 52.9 Å². The minimum absolute atomic E-state index is 0.0610. The average Bonchev–Trinajstić information content (AvgIpc) is 2.71. The van der Waals surface area contributed by atoms with Gasteiger partial charge in [0.2, 0.25) is 0 Å². The minimum atomic E-state index is 0.0610. The van der Waals surface area contributed by atoms with Gasteiger partial charge in [-0.05, 0) is 19.9 Å². The number of amides is 2. The highest BCUT2D eigenvalue weighted by molar-refractivity contribution is 5.74. The van der Waals surface area contributed by atoms with E-state index >= 15 is 0 Å². The zero-order chi connectivity index (χ0) is 14.4. The molecule has 1 N–H and O–H groups in total. The Kier molecular flexibility index (Phi) is 5.86. The molecule has 1 atom stereocenters. The van der Waals surface area contributed by atoms with Gasteiger partial charge < -0.3 is 15.1 Å². The molecule has 2 fully saturated rings. The third kappa shape index (κ3) is 4.21. The fourth-order valence-corrected chi connectivity index (χ4v) is 3.06. The van der Waals surface area contributed by atoms with E-state index in [2.05, 4.69) is 28.7 Å². The molecule has 0 radical (unpaired) electrons. The molecule has 114 valence electrons. The summed E-state index contributed by atoms with van der Waals surface area (Å²) in [6.45, 7) is 10.5. The number of urea groups is 1. The lowest BCUT2D eigenvalue weighted by atomic mass is 10.1. The molecule has 2 rings (SSSR count). The third-order valence-corrected chi connectivity index (χ3v) is 4.39. The van der Waals surface area contributed by atoms with Gasteiger partial charge in [0.25, 0.3) is 0 Å². The zero-order valence-electron chi connectivity index (χ0n) is 12.7. The van der Waals surface area contributed by atoms with Crippen LogP contribution >= 0.6 is 0 Å². The molecule has 20 heavy (non-hydrogen) atoms. The maximum atomic E-state index is 12.1. The van der Waals surface area contributed by atoms with Gasteiger partial charge in [-0.15, -0.1) is 6.58 Å². The molecule has 0 spiro atoms. The largest absolute Gasteiger partial charge is 0.335 e. The number of hydrogen-bond donors (Lipinski definition) is 1. The average molecular weight is 280 g/mol. The molecule has 0 aromatic carbocycles. The van der Waals surface area contributed by atoms with E-state index in [1.165, 1.54) is 12.8 Å². The summed E-state index contributed by atoms with van der Waals surface area (Å²) < 4.78 is 0. The van der Waals surface area contributed by atoms with E-state index in [-0.39, 0.29) is 6.03 Å². The fourth-order valence-electron chi connectivity index (χ4n) is 3.06. The van der Waals surface area contributed by atoms with E-state index in [1.807, 2.05) is 4.90 Å². The van der Waals surface area contributed by atoms with Crippen LogP contribution in [0.15, 0.2) is 12.7 Å². The molecule has 0 aromatic heterocycles. The van der Waals surface area contributed by atoms with Gasteiger partial charge in [0, 0.05) is 51.9 Å². The number of piperazine rings is 1. The van der Waals surface area contributed by atoms with Crippen LogP contribution in [0.1, 0.15) is 19.3 Å². The second kappa shape index (κ2) is 7.64. The Bertz CT molecular complexity index is 326. The van der Waals surface area contributed by atoms with Crippen molar-refractivity contribution in [2.24, 2.45) is 0 Å². The summed E-state index contributed by atoms with van der Waals surface area (Å²) in [5.41, 5.74) is 0. The van der Waals surface area contributed by atoms with E-state index in [9.17, 15) is 4.79 Å². The van der Waals surface area contributed by atoms with Crippen LogP contribution in [-0.4, -0.2) is 79.6 Å². The fraction of sp³-hybridized carbons (Fsp3) is 0.800. The number of nitrogens with zero attached hydrogens (tertiary/aromatic N) is 3. The molecular formula is C15H28N4O. The number of likely N-dealkylation sites (N-methyl/N-ethyl adjacent to an activating group) is 1. The second-order valence-corrected chi connectivity index (χ2v) is 5.91. The van der Waals surface area contributed by atoms with Gasteiger partial charge in [0.05, 0.1) is 0 Å². The second-order valence-electron chi connectivity index (χ2n) is 5.91. The highest BCUT2D eigenvalue weighted by Crippen LogP contribution is 2.17. The Hall–Kier alpha value is -1.07. The van der Waals surface area contributed by atoms with Crippen LogP contribution in [-0.2, 0) is 0 Å². The standard InChI is InChI=1S/C15H28N4O/c1-3-7-16-15(20)19-8-5-4-6-14(13-19)18-11-9-17(2)10-12-18/h3,14H,1,4-13H2,2H3,(H,16,20). The molecule has 0 saturated carbocycles. The van der Waals surface area contributed by atoms with Gasteiger partial charge in [-0.2, -0.15) is 0 Å². The zero-order valence-corrected chi connectivity index (χ0v) is 12.7. The Morgan fingerprint density at radius 3 is 2.70 bits per heavy atom. The Morgan fingerprint density at radius 2 is 2.00 bits per heavy atom. The van der Waals surface area contributed by atoms with Crippen LogP contribution in [0, 0.1) is 0 Å². The Labute approximate surface area is 122 Å². The van der Waals surface area contributed by atoms with E-state index in [1.54, 1.807) is 6.08 Å². The van der Waals surface area contributed by atoms with Gasteiger partial charge in [-0.1, -0.05) is 12.5 Å². The van der Waals surface area contributed by atoms with Gasteiger partial charge in [0.1, 0.15) is 0 Å². The van der Waals surface area contributed by atoms with Crippen LogP contribution in [0.5, 0.6) is 0 Å². The van der Waals surface area contributed by atoms with Crippen molar-refractivity contribution in [1.82, 2.24) is 20.0 Å². The van der Waals surface area contributed by atoms with Gasteiger partial charge in [-0.3, -0.25) is 4.90 Å². The molecule has 2 aliphatic heterocycles. The van der Waals surface area contributed by atoms with Gasteiger partial charge in [0.15, 0.2) is 0 Å². The van der Waals surface area contributed by atoms with Crippen molar-refractivity contribution in [1.29, 1.82) is 0 Å². The van der Waals surface area contributed by atoms with Crippen LogP contribution in [0.25, 0.3) is 0 Å². The number of carbonyl (C=O) groups is 1. The van der Waals surface area contributed by atoms with Crippen LogP contribution < -0.4 is 5.32 Å². The monoisotopic (exact) mass is 280 g/mol. The first kappa shape index (κ1) is 15.3. The highest BCUT2D eigenvalue weighted by atomic mass is 16.2. The van der Waals surface area contributed by atoms with E-state index < -0.39 is 0 Å². The molecule has 2 saturated heterocycles. The van der Waals surface area contributed by atoms with Crippen molar-refractivity contribution in [3.63, 3.8) is 0 Å². The number of likely N-dealkylation sites (tertiary alicyclic amines) is 1. The molecule has 2 aliphatic rings. The molecule has 2 heterocycles. The lowest BCUT2D eigenvalue weighted by Crippen LogP contribution is -2.53. The Morgan fingerprint density at radius 1 is 1.25 bits per heavy atom. The lowest BCUT2D eigenvalue weighted by molar-refractivity contribution is 0.0935. The maximum Gasteiger partial charge on any atom is 0.317 e. The number of hydrogen-bond acceptors (Lipinski definition) is 3. The van der Waals surface area contributed by atoms with Crippen molar-refractivity contribution in [3.8, 4) is 0 Å². The molecule has 0 aromatic rings. The summed E-state index contributed by atoms with van der Waals surface area (Å²) in [5.74, 6) is 0. The Balaban J connectivity index is 1.89. The molecule has 5 heteroatoms. The summed E-state index contributed by atoms with van der Waals surface area (Å²) >= 11 is 0. The van der Waals surface area contributed by atoms with Gasteiger partial charge >= 0.3 is 6.03 Å². The molecule has 2 amide bonds. The highest BCUT2D eigenvalue weighted by Gasteiger charge is 2.27. The molecule has 0 bridgehead atoms. The van der Waals surface area contributed by atoms with Crippen molar-refractivity contribution in [2.45, 2.75) is 25.3 Å². The predicted molar refractivity (Wildman–Crippen MR) is 81.9 cm³/mol. The first-order valence-electron chi connectivity index (χ1n) is 7.77. The molecular weight excluding hydrogens is 252 g/mol. The maximum absolute atomic E-state index is 12.1. The summed E-state index contributed by atoms with van der Waals surface area (Å²) in [4.78, 5) is 19.1. The van der Waals surface area contributed by atoms with E-state index in [0.717, 1.165) is 45.7 Å². The first-order valence-corrected chi connectivity index (χ1v) is 7.77. The lowest BCUT2D eigenvalue weighted by Gasteiger charge is -2.39. The smallest absolute Gasteiger partial charge is 0.317 e.